The maximum Gasteiger partial charge on any atom is 0.283 e. The van der Waals surface area contributed by atoms with Gasteiger partial charge in [0, 0.05) is 15.6 Å². The van der Waals surface area contributed by atoms with Crippen LogP contribution in [0.2, 0.25) is 5.02 Å². The predicted molar refractivity (Wildman–Crippen MR) is 132 cm³/mol. The van der Waals surface area contributed by atoms with E-state index < -0.39 is 0 Å². The molecule has 0 saturated heterocycles. The van der Waals surface area contributed by atoms with Gasteiger partial charge in [-0.1, -0.05) is 47.6 Å². The Kier molecular flexibility index (Phi) is 6.13. The molecular formula is C26H23ClN2O2S. The number of hydrogen-bond donors (Lipinski definition) is 1. The SMILES string of the molecule is Cc1ccc(C)c(NC2=C(Sc3ccc(Cl)cc3)C(=O)N(c3cccc(C)c3C)C2=O)c1. The number of rotatable bonds is 5. The van der Waals surface area contributed by atoms with Crippen LogP contribution in [0, 0.1) is 27.7 Å². The van der Waals surface area contributed by atoms with Crippen LogP contribution in [-0.4, -0.2) is 11.8 Å². The van der Waals surface area contributed by atoms with Gasteiger partial charge in [0.25, 0.3) is 11.8 Å². The second kappa shape index (κ2) is 8.85. The summed E-state index contributed by atoms with van der Waals surface area (Å²) >= 11 is 7.28. The van der Waals surface area contributed by atoms with E-state index in [1.807, 2.05) is 76.2 Å². The van der Waals surface area contributed by atoms with Crippen molar-refractivity contribution < 1.29 is 9.59 Å². The average Bonchev–Trinajstić information content (AvgIpc) is 2.98. The highest BCUT2D eigenvalue weighted by atomic mass is 35.5. The van der Waals surface area contributed by atoms with Gasteiger partial charge in [0.05, 0.1) is 5.69 Å². The molecular weight excluding hydrogens is 440 g/mol. The lowest BCUT2D eigenvalue weighted by Crippen LogP contribution is -2.33. The van der Waals surface area contributed by atoms with Gasteiger partial charge in [-0.3, -0.25) is 9.59 Å². The number of imide groups is 1. The van der Waals surface area contributed by atoms with Gasteiger partial charge in [0.2, 0.25) is 0 Å². The number of anilines is 2. The lowest BCUT2D eigenvalue weighted by molar-refractivity contribution is -0.120. The topological polar surface area (TPSA) is 49.4 Å². The van der Waals surface area contributed by atoms with Gasteiger partial charge in [-0.15, -0.1) is 0 Å². The third-order valence-electron chi connectivity index (χ3n) is 5.54. The Balaban J connectivity index is 1.80. The summed E-state index contributed by atoms with van der Waals surface area (Å²) in [6.07, 6.45) is 0. The lowest BCUT2D eigenvalue weighted by Gasteiger charge is -2.19. The minimum Gasteiger partial charge on any atom is -0.350 e. The van der Waals surface area contributed by atoms with Crippen LogP contribution in [0.15, 0.2) is 76.2 Å². The largest absolute Gasteiger partial charge is 0.350 e. The Morgan fingerprint density at radius 1 is 0.844 bits per heavy atom. The van der Waals surface area contributed by atoms with Gasteiger partial charge in [-0.2, -0.15) is 0 Å². The summed E-state index contributed by atoms with van der Waals surface area (Å²) in [7, 11) is 0. The molecule has 0 fully saturated rings. The fourth-order valence-electron chi connectivity index (χ4n) is 3.54. The molecule has 32 heavy (non-hydrogen) atoms. The minimum atomic E-state index is -0.360. The first kappa shape index (κ1) is 22.2. The van der Waals surface area contributed by atoms with Crippen LogP contribution in [0.25, 0.3) is 0 Å². The maximum absolute atomic E-state index is 13.6. The number of benzene rings is 3. The Labute approximate surface area is 197 Å². The summed E-state index contributed by atoms with van der Waals surface area (Å²) in [5.74, 6) is -0.697. The van der Waals surface area contributed by atoms with Crippen molar-refractivity contribution in [1.82, 2.24) is 0 Å². The van der Waals surface area contributed by atoms with Crippen molar-refractivity contribution in [3.8, 4) is 0 Å². The number of aryl methyl sites for hydroxylation is 3. The second-order valence-corrected chi connectivity index (χ2v) is 9.39. The average molecular weight is 463 g/mol. The maximum atomic E-state index is 13.6. The highest BCUT2D eigenvalue weighted by Crippen LogP contribution is 2.39. The molecule has 0 atom stereocenters. The van der Waals surface area contributed by atoms with Gasteiger partial charge < -0.3 is 5.32 Å². The summed E-state index contributed by atoms with van der Waals surface area (Å²) < 4.78 is 0. The van der Waals surface area contributed by atoms with E-state index in [-0.39, 0.29) is 17.5 Å². The number of amides is 2. The van der Waals surface area contributed by atoms with Gasteiger partial charge in [0.15, 0.2) is 0 Å². The zero-order chi connectivity index (χ0) is 23.0. The summed E-state index contributed by atoms with van der Waals surface area (Å²) in [5, 5.41) is 3.88. The summed E-state index contributed by atoms with van der Waals surface area (Å²) in [6, 6.07) is 18.8. The van der Waals surface area contributed by atoms with E-state index in [9.17, 15) is 9.59 Å². The van der Waals surface area contributed by atoms with Gasteiger partial charge in [0.1, 0.15) is 10.6 Å². The van der Waals surface area contributed by atoms with Crippen molar-refractivity contribution in [2.45, 2.75) is 32.6 Å². The molecule has 0 unspecified atom stereocenters. The Hall–Kier alpha value is -3.02. The highest BCUT2D eigenvalue weighted by Gasteiger charge is 2.41. The van der Waals surface area contributed by atoms with E-state index in [0.717, 1.165) is 32.8 Å². The summed E-state index contributed by atoms with van der Waals surface area (Å²) in [4.78, 5) is 29.6. The summed E-state index contributed by atoms with van der Waals surface area (Å²) in [6.45, 7) is 7.85. The molecule has 6 heteroatoms. The van der Waals surface area contributed by atoms with Crippen molar-refractivity contribution in [1.29, 1.82) is 0 Å². The van der Waals surface area contributed by atoms with Crippen molar-refractivity contribution in [2.75, 3.05) is 10.2 Å². The van der Waals surface area contributed by atoms with Gasteiger partial charge in [-0.25, -0.2) is 4.90 Å². The fourth-order valence-corrected chi connectivity index (χ4v) is 4.59. The monoisotopic (exact) mass is 462 g/mol. The highest BCUT2D eigenvalue weighted by molar-refractivity contribution is 8.04. The number of carbonyl (C=O) groups is 2. The molecule has 0 aromatic heterocycles. The standard InChI is InChI=1S/C26H23ClN2O2S/c1-15-8-9-17(3)21(14-15)28-23-24(32-20-12-10-19(27)11-13-20)26(31)29(25(23)30)22-7-5-6-16(2)18(22)4/h5-14,28H,1-4H3. The lowest BCUT2D eigenvalue weighted by atomic mass is 10.1. The number of hydrogen-bond acceptors (Lipinski definition) is 4. The third-order valence-corrected chi connectivity index (χ3v) is 6.89. The van der Waals surface area contributed by atoms with Gasteiger partial charge in [-0.05, 0) is 86.3 Å². The van der Waals surface area contributed by atoms with Gasteiger partial charge >= 0.3 is 0 Å². The van der Waals surface area contributed by atoms with E-state index in [1.165, 1.54) is 16.7 Å². The Morgan fingerprint density at radius 3 is 2.28 bits per heavy atom. The van der Waals surface area contributed by atoms with Crippen molar-refractivity contribution in [3.05, 3.63) is 98.5 Å². The van der Waals surface area contributed by atoms with Crippen LogP contribution in [0.4, 0.5) is 11.4 Å². The molecule has 1 aliphatic rings. The molecule has 0 radical (unpaired) electrons. The van der Waals surface area contributed by atoms with Crippen LogP contribution in [0.1, 0.15) is 22.3 Å². The fraction of sp³-hybridized carbons (Fsp3) is 0.154. The first-order chi connectivity index (χ1) is 15.3. The minimum absolute atomic E-state index is 0.282. The van der Waals surface area contributed by atoms with E-state index >= 15 is 0 Å². The van der Waals surface area contributed by atoms with Crippen LogP contribution in [0.3, 0.4) is 0 Å². The molecule has 1 N–H and O–H groups in total. The first-order valence-electron chi connectivity index (χ1n) is 10.2. The van der Waals surface area contributed by atoms with Crippen LogP contribution >= 0.6 is 23.4 Å². The first-order valence-corrected chi connectivity index (χ1v) is 11.4. The van der Waals surface area contributed by atoms with Crippen molar-refractivity contribution in [3.63, 3.8) is 0 Å². The van der Waals surface area contributed by atoms with Crippen molar-refractivity contribution >= 4 is 46.6 Å². The van der Waals surface area contributed by atoms with E-state index in [0.29, 0.717) is 15.6 Å². The molecule has 3 aromatic carbocycles. The number of thioether (sulfide) groups is 1. The summed E-state index contributed by atoms with van der Waals surface area (Å²) in [5.41, 5.74) is 5.66. The van der Waals surface area contributed by atoms with E-state index in [1.54, 1.807) is 12.1 Å². The van der Waals surface area contributed by atoms with Crippen LogP contribution in [-0.2, 0) is 9.59 Å². The number of nitrogens with zero attached hydrogens (tertiary/aromatic N) is 1. The zero-order valence-electron chi connectivity index (χ0n) is 18.3. The molecule has 3 aromatic rings. The molecule has 0 saturated carbocycles. The molecule has 0 spiro atoms. The smallest absolute Gasteiger partial charge is 0.283 e. The van der Waals surface area contributed by atoms with Crippen LogP contribution in [0.5, 0.6) is 0 Å². The Morgan fingerprint density at radius 2 is 1.56 bits per heavy atom. The van der Waals surface area contributed by atoms with Crippen LogP contribution < -0.4 is 10.2 Å². The number of nitrogens with one attached hydrogen (secondary N) is 1. The molecule has 2 amide bonds. The quantitative estimate of drug-likeness (QED) is 0.436. The second-order valence-electron chi connectivity index (χ2n) is 7.87. The molecule has 4 rings (SSSR count). The molecule has 162 valence electrons. The van der Waals surface area contributed by atoms with Crippen molar-refractivity contribution in [2.24, 2.45) is 0 Å². The number of halogens is 1. The normalized spacial score (nSPS) is 13.8. The van der Waals surface area contributed by atoms with E-state index in [4.69, 9.17) is 11.6 Å². The molecule has 0 bridgehead atoms. The molecule has 1 aliphatic heterocycles. The Bertz CT molecular complexity index is 1270. The van der Waals surface area contributed by atoms with E-state index in [2.05, 4.69) is 5.32 Å². The number of carbonyl (C=O) groups excluding carboxylic acids is 2. The zero-order valence-corrected chi connectivity index (χ0v) is 19.9. The molecule has 4 nitrogen and oxygen atoms in total. The molecule has 0 aliphatic carbocycles. The third kappa shape index (κ3) is 4.18. The predicted octanol–water partition coefficient (Wildman–Crippen LogP) is 6.56. The molecule has 1 heterocycles.